The highest BCUT2D eigenvalue weighted by molar-refractivity contribution is 5.92. The minimum Gasteiger partial charge on any atom is -0.341 e. The Morgan fingerprint density at radius 2 is 1.64 bits per heavy atom. The summed E-state index contributed by atoms with van der Waals surface area (Å²) in [6, 6.07) is 17.3. The lowest BCUT2D eigenvalue weighted by molar-refractivity contribution is -0.147. The molecule has 1 saturated heterocycles. The molecule has 1 fully saturated rings. The standard InChI is InChI=1S/C21H22N2O2/c24-19-14-17-10-4-5-11-18(17)20(21(25)22-12-6-7-13-22)23(19)15-16-8-2-1-3-9-16/h1-5,8-11,20H,6-7,12-15H2. The summed E-state index contributed by atoms with van der Waals surface area (Å²) in [4.78, 5) is 29.8. The molecule has 0 spiro atoms. The van der Waals surface area contributed by atoms with Gasteiger partial charge in [-0.05, 0) is 29.5 Å². The SMILES string of the molecule is O=C(C1c2ccccc2CC(=O)N1Cc1ccccc1)N1CCCC1. The molecule has 2 aromatic carbocycles. The summed E-state index contributed by atoms with van der Waals surface area (Å²) in [5, 5.41) is 0. The molecule has 0 N–H and O–H groups in total. The van der Waals surface area contributed by atoms with Gasteiger partial charge in [-0.2, -0.15) is 0 Å². The maximum Gasteiger partial charge on any atom is 0.250 e. The van der Waals surface area contributed by atoms with Crippen LogP contribution >= 0.6 is 0 Å². The van der Waals surface area contributed by atoms with E-state index in [1.807, 2.05) is 59.5 Å². The minimum atomic E-state index is -0.504. The zero-order valence-electron chi connectivity index (χ0n) is 14.2. The van der Waals surface area contributed by atoms with Crippen LogP contribution in [0.4, 0.5) is 0 Å². The fourth-order valence-electron chi connectivity index (χ4n) is 3.87. The van der Waals surface area contributed by atoms with Crippen LogP contribution in [0.1, 0.15) is 35.6 Å². The molecular formula is C21H22N2O2. The fraction of sp³-hybridized carbons (Fsp3) is 0.333. The zero-order chi connectivity index (χ0) is 17.2. The first-order valence-corrected chi connectivity index (χ1v) is 8.94. The Morgan fingerprint density at radius 1 is 0.960 bits per heavy atom. The molecule has 2 aromatic rings. The Labute approximate surface area is 148 Å². The summed E-state index contributed by atoms with van der Waals surface area (Å²) < 4.78 is 0. The number of rotatable bonds is 3. The molecule has 4 nitrogen and oxygen atoms in total. The molecule has 2 aliphatic rings. The van der Waals surface area contributed by atoms with Gasteiger partial charge in [0.05, 0.1) is 6.42 Å². The van der Waals surface area contributed by atoms with Gasteiger partial charge in [0.15, 0.2) is 0 Å². The molecule has 1 atom stereocenters. The highest BCUT2D eigenvalue weighted by atomic mass is 16.2. The van der Waals surface area contributed by atoms with Crippen LogP contribution in [0.3, 0.4) is 0 Å². The van der Waals surface area contributed by atoms with E-state index in [1.54, 1.807) is 4.90 Å². The van der Waals surface area contributed by atoms with Crippen LogP contribution in [0.15, 0.2) is 54.6 Å². The second kappa shape index (κ2) is 6.71. The van der Waals surface area contributed by atoms with E-state index in [1.165, 1.54) is 0 Å². The molecule has 0 saturated carbocycles. The number of likely N-dealkylation sites (tertiary alicyclic amines) is 1. The summed E-state index contributed by atoms with van der Waals surface area (Å²) in [7, 11) is 0. The number of hydrogen-bond acceptors (Lipinski definition) is 2. The van der Waals surface area contributed by atoms with Crippen LogP contribution in [0.5, 0.6) is 0 Å². The molecular weight excluding hydrogens is 312 g/mol. The molecule has 0 aliphatic carbocycles. The van der Waals surface area contributed by atoms with E-state index in [-0.39, 0.29) is 11.8 Å². The first kappa shape index (κ1) is 15.9. The Balaban J connectivity index is 1.72. The summed E-state index contributed by atoms with van der Waals surface area (Å²) in [6.45, 7) is 2.06. The van der Waals surface area contributed by atoms with Crippen molar-refractivity contribution in [1.82, 2.24) is 9.80 Å². The number of carbonyl (C=O) groups is 2. The van der Waals surface area contributed by atoms with Gasteiger partial charge in [0.1, 0.15) is 6.04 Å². The van der Waals surface area contributed by atoms with Crippen LogP contribution in [-0.2, 0) is 22.6 Å². The van der Waals surface area contributed by atoms with E-state index in [2.05, 4.69) is 0 Å². The van der Waals surface area contributed by atoms with Gasteiger partial charge in [-0.1, -0.05) is 54.6 Å². The zero-order valence-corrected chi connectivity index (χ0v) is 14.2. The Morgan fingerprint density at radius 3 is 2.40 bits per heavy atom. The van der Waals surface area contributed by atoms with Crippen molar-refractivity contribution in [2.24, 2.45) is 0 Å². The minimum absolute atomic E-state index is 0.0279. The third-order valence-electron chi connectivity index (χ3n) is 5.17. The molecule has 2 amide bonds. The Kier molecular flexibility index (Phi) is 4.26. The van der Waals surface area contributed by atoms with Crippen molar-refractivity contribution < 1.29 is 9.59 Å². The molecule has 1 unspecified atom stereocenters. The van der Waals surface area contributed by atoms with Gasteiger partial charge < -0.3 is 9.80 Å². The summed E-state index contributed by atoms with van der Waals surface area (Å²) in [5.74, 6) is 0.0917. The molecule has 25 heavy (non-hydrogen) atoms. The van der Waals surface area contributed by atoms with E-state index in [0.29, 0.717) is 13.0 Å². The quantitative estimate of drug-likeness (QED) is 0.866. The number of carbonyl (C=O) groups excluding carboxylic acids is 2. The van der Waals surface area contributed by atoms with Crippen LogP contribution in [0.25, 0.3) is 0 Å². The molecule has 4 heteroatoms. The second-order valence-electron chi connectivity index (χ2n) is 6.82. The van der Waals surface area contributed by atoms with Gasteiger partial charge >= 0.3 is 0 Å². The Bertz CT molecular complexity index is 781. The van der Waals surface area contributed by atoms with Crippen molar-refractivity contribution in [1.29, 1.82) is 0 Å². The van der Waals surface area contributed by atoms with Crippen LogP contribution in [-0.4, -0.2) is 34.7 Å². The average Bonchev–Trinajstić information content (AvgIpc) is 3.17. The third kappa shape index (κ3) is 3.04. The first-order valence-electron chi connectivity index (χ1n) is 8.94. The van der Waals surface area contributed by atoms with Gasteiger partial charge in [0, 0.05) is 19.6 Å². The molecule has 2 aliphatic heterocycles. The summed E-state index contributed by atoms with van der Waals surface area (Å²) >= 11 is 0. The van der Waals surface area contributed by atoms with Gasteiger partial charge in [-0.15, -0.1) is 0 Å². The van der Waals surface area contributed by atoms with E-state index >= 15 is 0 Å². The number of amides is 2. The summed E-state index contributed by atoms with van der Waals surface area (Å²) in [5.41, 5.74) is 3.01. The lowest BCUT2D eigenvalue weighted by atomic mass is 9.90. The van der Waals surface area contributed by atoms with Crippen molar-refractivity contribution in [3.8, 4) is 0 Å². The number of fused-ring (bicyclic) bond motifs is 1. The van der Waals surface area contributed by atoms with Crippen LogP contribution < -0.4 is 0 Å². The van der Waals surface area contributed by atoms with E-state index in [9.17, 15) is 9.59 Å². The van der Waals surface area contributed by atoms with Crippen molar-refractivity contribution in [2.45, 2.75) is 31.8 Å². The number of hydrogen-bond donors (Lipinski definition) is 0. The predicted octanol–water partition coefficient (Wildman–Crippen LogP) is 2.94. The fourth-order valence-corrected chi connectivity index (χ4v) is 3.87. The maximum atomic E-state index is 13.2. The first-order chi connectivity index (χ1) is 12.2. The van der Waals surface area contributed by atoms with Crippen molar-refractivity contribution in [3.63, 3.8) is 0 Å². The normalized spacial score (nSPS) is 19.8. The van der Waals surface area contributed by atoms with Gasteiger partial charge in [-0.25, -0.2) is 0 Å². The van der Waals surface area contributed by atoms with Gasteiger partial charge in [0.2, 0.25) is 11.8 Å². The maximum absolute atomic E-state index is 13.2. The molecule has 4 rings (SSSR count). The van der Waals surface area contributed by atoms with E-state index in [0.717, 1.165) is 42.6 Å². The monoisotopic (exact) mass is 334 g/mol. The molecule has 0 radical (unpaired) electrons. The smallest absolute Gasteiger partial charge is 0.250 e. The number of nitrogens with zero attached hydrogens (tertiary/aromatic N) is 2. The topological polar surface area (TPSA) is 40.6 Å². The lowest BCUT2D eigenvalue weighted by Gasteiger charge is -2.38. The highest BCUT2D eigenvalue weighted by Crippen LogP contribution is 2.34. The lowest BCUT2D eigenvalue weighted by Crippen LogP contribution is -2.47. The second-order valence-corrected chi connectivity index (χ2v) is 6.82. The molecule has 128 valence electrons. The number of benzene rings is 2. The van der Waals surface area contributed by atoms with Crippen molar-refractivity contribution in [2.75, 3.05) is 13.1 Å². The largest absolute Gasteiger partial charge is 0.341 e. The molecule has 2 heterocycles. The highest BCUT2D eigenvalue weighted by Gasteiger charge is 2.39. The third-order valence-corrected chi connectivity index (χ3v) is 5.17. The van der Waals surface area contributed by atoms with E-state index < -0.39 is 6.04 Å². The van der Waals surface area contributed by atoms with E-state index in [4.69, 9.17) is 0 Å². The average molecular weight is 334 g/mol. The molecule has 0 bridgehead atoms. The predicted molar refractivity (Wildman–Crippen MR) is 95.7 cm³/mol. The Hall–Kier alpha value is -2.62. The van der Waals surface area contributed by atoms with Crippen LogP contribution in [0.2, 0.25) is 0 Å². The van der Waals surface area contributed by atoms with Crippen molar-refractivity contribution >= 4 is 11.8 Å². The van der Waals surface area contributed by atoms with Gasteiger partial charge in [-0.3, -0.25) is 9.59 Å². The van der Waals surface area contributed by atoms with Crippen molar-refractivity contribution in [3.05, 3.63) is 71.3 Å². The van der Waals surface area contributed by atoms with Crippen LogP contribution in [0, 0.1) is 0 Å². The molecule has 0 aromatic heterocycles. The van der Waals surface area contributed by atoms with Gasteiger partial charge in [0.25, 0.3) is 0 Å². The summed E-state index contributed by atoms with van der Waals surface area (Å²) in [6.07, 6.45) is 2.46.